The van der Waals surface area contributed by atoms with Gasteiger partial charge in [-0.1, -0.05) is 36.0 Å². The van der Waals surface area contributed by atoms with E-state index in [0.717, 1.165) is 6.92 Å². The van der Waals surface area contributed by atoms with Crippen LogP contribution in [0.15, 0.2) is 23.3 Å². The van der Waals surface area contributed by atoms with E-state index in [2.05, 4.69) is 25.6 Å². The molecule has 4 N–H and O–H groups in total. The number of rotatable bonds is 10. The Labute approximate surface area is 233 Å². The van der Waals surface area contributed by atoms with Gasteiger partial charge in [-0.15, -0.1) is 5.10 Å². The smallest absolute Gasteiger partial charge is 0.191 e. The van der Waals surface area contributed by atoms with Crippen LogP contribution in [0.25, 0.3) is 11.2 Å². The van der Waals surface area contributed by atoms with Crippen LogP contribution >= 0.6 is 11.8 Å². The highest BCUT2D eigenvalue weighted by Gasteiger charge is 2.45. The number of hydrogen-bond donors (Lipinski definition) is 4. The summed E-state index contributed by atoms with van der Waals surface area (Å²) in [6, 6.07) is -6.02. The number of fused-ring (bicyclic) bond motifs is 1. The molecule has 0 unspecified atom stereocenters. The molecule has 0 radical (unpaired) electrons. The van der Waals surface area contributed by atoms with Crippen molar-refractivity contribution in [3.63, 3.8) is 0 Å². The average molecular weight is 534 g/mol. The second-order valence-corrected chi connectivity index (χ2v) is 8.52. The topological polar surface area (TPSA) is 138 Å². The van der Waals surface area contributed by atoms with E-state index in [1.165, 1.54) is 6.92 Å². The predicted molar refractivity (Wildman–Crippen MR) is 133 cm³/mol. The molecule has 1 aromatic carbocycles. The van der Waals surface area contributed by atoms with Gasteiger partial charge < -0.3 is 25.4 Å². The Morgan fingerprint density at radius 2 is 2.22 bits per heavy atom. The summed E-state index contributed by atoms with van der Waals surface area (Å²) in [4.78, 5) is 8.23. The van der Waals surface area contributed by atoms with Crippen molar-refractivity contribution in [3.8, 4) is 0 Å². The van der Waals surface area contributed by atoms with Crippen molar-refractivity contribution in [3.05, 3.63) is 35.1 Å². The first kappa shape index (κ1) is 12.9. The molecule has 2 fully saturated rings. The van der Waals surface area contributed by atoms with E-state index in [-0.39, 0.29) is 39.8 Å². The quantitative estimate of drug-likeness (QED) is 0.227. The van der Waals surface area contributed by atoms with E-state index >= 15 is 0 Å². The Bertz CT molecular complexity index is 1880. The Morgan fingerprint density at radius 3 is 3.00 bits per heavy atom. The highest BCUT2D eigenvalue weighted by atomic mass is 32.2. The molecule has 2 aliphatic carbocycles. The van der Waals surface area contributed by atoms with Gasteiger partial charge in [0.2, 0.25) is 0 Å². The molecular formula is C24H31FN6O4S. The summed E-state index contributed by atoms with van der Waals surface area (Å²) in [6.07, 6.45) is -18.5. The number of ether oxygens (including phenoxy) is 1. The minimum Gasteiger partial charge on any atom is -0.394 e. The summed E-state index contributed by atoms with van der Waals surface area (Å²) >= 11 is 0.112. The predicted octanol–water partition coefficient (Wildman–Crippen LogP) is 2.18. The van der Waals surface area contributed by atoms with Gasteiger partial charge >= 0.3 is 0 Å². The van der Waals surface area contributed by atoms with Crippen LogP contribution in [0.4, 0.5) is 10.2 Å². The van der Waals surface area contributed by atoms with Crippen LogP contribution in [0.2, 0.25) is 0 Å². The van der Waals surface area contributed by atoms with Crippen LogP contribution in [0.1, 0.15) is 69.7 Å². The van der Waals surface area contributed by atoms with Gasteiger partial charge in [-0.2, -0.15) is 0 Å². The van der Waals surface area contributed by atoms with Gasteiger partial charge in [-0.05, 0) is 36.9 Å². The van der Waals surface area contributed by atoms with Gasteiger partial charge in [0.15, 0.2) is 22.1 Å². The maximum absolute atomic E-state index is 14.7. The minimum absolute atomic E-state index is 0.100. The minimum atomic E-state index is -4.13. The van der Waals surface area contributed by atoms with Gasteiger partial charge in [-0.25, -0.2) is 19.0 Å². The summed E-state index contributed by atoms with van der Waals surface area (Å²) in [7, 11) is 0. The van der Waals surface area contributed by atoms with Crippen molar-refractivity contribution < 1.29 is 45.0 Å². The van der Waals surface area contributed by atoms with Crippen molar-refractivity contribution >= 4 is 28.7 Å². The normalized spacial score (nSPS) is 44.4. The lowest BCUT2D eigenvalue weighted by Crippen LogP contribution is -2.33. The van der Waals surface area contributed by atoms with Crippen LogP contribution < -0.4 is 5.32 Å². The fourth-order valence-electron chi connectivity index (χ4n) is 3.49. The molecule has 0 saturated heterocycles. The van der Waals surface area contributed by atoms with Crippen molar-refractivity contribution in [2.45, 2.75) is 74.4 Å². The Balaban J connectivity index is 1.68. The average Bonchev–Trinajstić information content (AvgIpc) is 3.58. The number of anilines is 1. The molecule has 0 bridgehead atoms. The molecular weight excluding hydrogens is 487 g/mol. The molecule has 6 atom stereocenters. The van der Waals surface area contributed by atoms with Gasteiger partial charge in [0.25, 0.3) is 0 Å². The van der Waals surface area contributed by atoms with E-state index in [1.54, 1.807) is 0 Å². The third kappa shape index (κ3) is 4.92. The Hall–Kier alpha value is -2.38. The van der Waals surface area contributed by atoms with Crippen LogP contribution in [-0.4, -0.2) is 83.4 Å². The Kier molecular flexibility index (Phi) is 3.78. The van der Waals surface area contributed by atoms with Crippen LogP contribution in [0, 0.1) is 12.7 Å². The maximum Gasteiger partial charge on any atom is 0.191 e. The van der Waals surface area contributed by atoms with Gasteiger partial charge in [0.05, 0.1) is 37.6 Å². The molecule has 36 heavy (non-hydrogen) atoms. The lowest BCUT2D eigenvalue weighted by Gasteiger charge is -2.17. The van der Waals surface area contributed by atoms with E-state index in [4.69, 9.17) is 25.3 Å². The Morgan fingerprint density at radius 1 is 1.39 bits per heavy atom. The number of halogens is 1. The van der Waals surface area contributed by atoms with Crippen molar-refractivity contribution in [2.75, 3.05) is 24.2 Å². The molecule has 3 aromatic rings. The molecule has 0 aliphatic heterocycles. The third-order valence-corrected chi connectivity index (χ3v) is 6.03. The highest BCUT2D eigenvalue weighted by molar-refractivity contribution is 7.99. The first-order valence-electron chi connectivity index (χ1n) is 18.1. The molecule has 2 heterocycles. The molecule has 0 amide bonds. The molecule has 194 valence electrons. The lowest BCUT2D eigenvalue weighted by molar-refractivity contribution is -0.0629. The van der Waals surface area contributed by atoms with E-state index in [9.17, 15) is 19.7 Å². The summed E-state index contributed by atoms with van der Waals surface area (Å²) in [5.74, 6) is -2.09. The van der Waals surface area contributed by atoms with Crippen molar-refractivity contribution in [1.82, 2.24) is 25.0 Å². The van der Waals surface area contributed by atoms with Crippen molar-refractivity contribution in [1.29, 1.82) is 0 Å². The first-order chi connectivity index (χ1) is 22.9. The monoisotopic (exact) mass is 533 g/mol. The van der Waals surface area contributed by atoms with Crippen LogP contribution in [-0.2, 0) is 4.74 Å². The van der Waals surface area contributed by atoms with Gasteiger partial charge in [-0.3, -0.25) is 0 Å². The van der Waals surface area contributed by atoms with E-state index in [0.29, 0.717) is 0 Å². The molecule has 2 aliphatic rings. The zero-order valence-corrected chi connectivity index (χ0v) is 19.7. The zero-order valence-electron chi connectivity index (χ0n) is 33.8. The fraction of sp³-hybridized carbons (Fsp3) is 0.583. The number of aromatic nitrogens is 5. The summed E-state index contributed by atoms with van der Waals surface area (Å²) < 4.78 is 143. The second kappa shape index (κ2) is 10.5. The molecule has 12 heteroatoms. The highest BCUT2D eigenvalue weighted by Crippen LogP contribution is 2.44. The number of nitrogens with one attached hydrogen (secondary N) is 1. The summed E-state index contributed by atoms with van der Waals surface area (Å²) in [5.41, 5.74) is -4.31. The molecule has 2 saturated carbocycles. The number of benzene rings is 1. The number of thioether (sulfide) groups is 1. The largest absolute Gasteiger partial charge is 0.394 e. The number of hydrogen-bond acceptors (Lipinski definition) is 10. The van der Waals surface area contributed by atoms with E-state index < -0.39 is 108 Å². The number of nitrogens with zero attached hydrogens (tertiary/aromatic N) is 5. The van der Waals surface area contributed by atoms with Crippen LogP contribution in [0.3, 0.4) is 0 Å². The molecule has 10 nitrogen and oxygen atoms in total. The summed E-state index contributed by atoms with van der Waals surface area (Å²) in [6.45, 7) is -2.67. The molecule has 0 spiro atoms. The summed E-state index contributed by atoms with van der Waals surface area (Å²) in [5, 5.41) is 41.5. The fourth-order valence-corrected chi connectivity index (χ4v) is 3.95. The maximum atomic E-state index is 14.7. The van der Waals surface area contributed by atoms with E-state index in [1.807, 2.05) is 0 Å². The zero-order chi connectivity index (χ0) is 38.9. The van der Waals surface area contributed by atoms with Gasteiger partial charge in [0, 0.05) is 32.3 Å². The SMILES string of the molecule is [2H]c1c([2H])c([C@@H]2C[C@H]2Nc2nc(SC([2H])([2H])C([2H])([2H])C)nc3c2nnn3[C@]2([2H])C([2H])([2H])[C@]([2H])(OCC([2H])([2H])O)[C@@]([2H])(O)[C@@]2([2H])O)c([2H])c(F)c1C. The number of aliphatic hydroxyl groups is 3. The standard InChI is InChI=1S/C24H31FN6O4S/c1-3-8-36-24-27-22(26-16-10-14(16)13-5-4-12(2)15(25)9-13)19-23(28-24)31(30-29-19)17-11-18(35-7-6-32)21(34)20(17)33/h4-5,9,14,16-18,20-21,32-34H,3,6-8,10-11H2,1-2H3,(H,26,27,28)/t14-,16+,17+,18-,20-,21+/m0/s1/i3D2,4D,5D,6D2,8D2,9D,11D2,17D,18D,20D,21D. The first-order valence-corrected chi connectivity index (χ1v) is 11.4. The second-order valence-electron chi connectivity index (χ2n) is 7.75. The van der Waals surface area contributed by atoms with Crippen molar-refractivity contribution in [2.24, 2.45) is 0 Å². The van der Waals surface area contributed by atoms with Crippen LogP contribution in [0.5, 0.6) is 0 Å². The molecule has 5 rings (SSSR count). The third-order valence-electron chi connectivity index (χ3n) is 5.35. The van der Waals surface area contributed by atoms with Gasteiger partial charge in [0.1, 0.15) is 18.0 Å². The molecule has 2 aromatic heterocycles. The lowest BCUT2D eigenvalue weighted by atomic mass is 10.1.